The molecule has 0 atom stereocenters. The van der Waals surface area contributed by atoms with Crippen molar-refractivity contribution < 1.29 is 9.59 Å². The monoisotopic (exact) mass is 412 g/mol. The van der Waals surface area contributed by atoms with E-state index in [4.69, 9.17) is 23.2 Å². The summed E-state index contributed by atoms with van der Waals surface area (Å²) < 4.78 is 0. The van der Waals surface area contributed by atoms with E-state index in [1.54, 1.807) is 42.5 Å². The van der Waals surface area contributed by atoms with Crippen molar-refractivity contribution in [2.24, 2.45) is 0 Å². The second kappa shape index (κ2) is 8.46. The number of carbonyl (C=O) groups is 2. The average molecular weight is 413 g/mol. The molecule has 28 heavy (non-hydrogen) atoms. The number of hydrogen-bond acceptors (Lipinski definition) is 2. The summed E-state index contributed by atoms with van der Waals surface area (Å²) in [5.74, 6) is -0.568. The van der Waals surface area contributed by atoms with Gasteiger partial charge >= 0.3 is 0 Å². The molecule has 0 aliphatic carbocycles. The highest BCUT2D eigenvalue weighted by Gasteiger charge is 2.13. The second-order valence-electron chi connectivity index (χ2n) is 6.43. The summed E-state index contributed by atoms with van der Waals surface area (Å²) in [5, 5.41) is 6.35. The van der Waals surface area contributed by atoms with Crippen molar-refractivity contribution in [3.8, 4) is 0 Å². The summed E-state index contributed by atoms with van der Waals surface area (Å²) >= 11 is 11.9. The van der Waals surface area contributed by atoms with Crippen molar-refractivity contribution in [2.45, 2.75) is 13.8 Å². The highest BCUT2D eigenvalue weighted by molar-refractivity contribution is 6.37. The standard InChI is InChI=1S/C22H18Cl2N2O2/c1-13-6-8-18(14(2)10-13)21(27)25-16-4-3-5-17(12-16)26-22(28)19-9-7-15(23)11-20(19)24/h3-12H,1-2H3,(H,25,27)(H,26,28). The highest BCUT2D eigenvalue weighted by Crippen LogP contribution is 2.23. The van der Waals surface area contributed by atoms with Crippen LogP contribution in [0.1, 0.15) is 31.8 Å². The van der Waals surface area contributed by atoms with E-state index in [1.807, 2.05) is 26.0 Å². The average Bonchev–Trinajstić information content (AvgIpc) is 2.61. The summed E-state index contributed by atoms with van der Waals surface area (Å²) in [6.45, 7) is 3.88. The molecule has 0 saturated carbocycles. The molecule has 0 spiro atoms. The predicted molar refractivity (Wildman–Crippen MR) is 115 cm³/mol. The van der Waals surface area contributed by atoms with Crippen LogP contribution in [-0.4, -0.2) is 11.8 Å². The van der Waals surface area contributed by atoms with Crippen LogP contribution in [0.3, 0.4) is 0 Å². The minimum absolute atomic E-state index is 0.207. The first kappa shape index (κ1) is 19.9. The Hall–Kier alpha value is -2.82. The lowest BCUT2D eigenvalue weighted by Gasteiger charge is -2.11. The van der Waals surface area contributed by atoms with Gasteiger partial charge in [-0.1, -0.05) is 47.0 Å². The molecule has 3 rings (SSSR count). The minimum atomic E-state index is -0.362. The fourth-order valence-corrected chi connectivity index (χ4v) is 3.31. The molecular weight excluding hydrogens is 395 g/mol. The van der Waals surface area contributed by atoms with Crippen LogP contribution in [0.25, 0.3) is 0 Å². The zero-order chi connectivity index (χ0) is 20.3. The van der Waals surface area contributed by atoms with E-state index in [1.165, 1.54) is 6.07 Å². The van der Waals surface area contributed by atoms with E-state index in [9.17, 15) is 9.59 Å². The number of benzene rings is 3. The molecule has 0 bridgehead atoms. The van der Waals surface area contributed by atoms with Crippen LogP contribution in [0.4, 0.5) is 11.4 Å². The van der Waals surface area contributed by atoms with Crippen LogP contribution in [0, 0.1) is 13.8 Å². The van der Waals surface area contributed by atoms with E-state index in [0.717, 1.165) is 11.1 Å². The van der Waals surface area contributed by atoms with Gasteiger partial charge in [0.25, 0.3) is 11.8 Å². The van der Waals surface area contributed by atoms with Crippen LogP contribution < -0.4 is 10.6 Å². The molecule has 3 aromatic carbocycles. The minimum Gasteiger partial charge on any atom is -0.322 e. The van der Waals surface area contributed by atoms with E-state index in [2.05, 4.69) is 10.6 Å². The third-order valence-electron chi connectivity index (χ3n) is 4.18. The first-order chi connectivity index (χ1) is 13.3. The van der Waals surface area contributed by atoms with Gasteiger partial charge in [0, 0.05) is 22.0 Å². The quantitative estimate of drug-likeness (QED) is 0.542. The molecule has 2 N–H and O–H groups in total. The van der Waals surface area contributed by atoms with Crippen molar-refractivity contribution in [1.29, 1.82) is 0 Å². The van der Waals surface area contributed by atoms with Gasteiger partial charge in [0.2, 0.25) is 0 Å². The van der Waals surface area contributed by atoms with Crippen molar-refractivity contribution >= 4 is 46.4 Å². The van der Waals surface area contributed by atoms with Gasteiger partial charge in [-0.3, -0.25) is 9.59 Å². The highest BCUT2D eigenvalue weighted by atomic mass is 35.5. The zero-order valence-electron chi connectivity index (χ0n) is 15.3. The Morgan fingerprint density at radius 2 is 1.36 bits per heavy atom. The fraction of sp³-hybridized carbons (Fsp3) is 0.0909. The molecule has 6 heteroatoms. The number of halogens is 2. The van der Waals surface area contributed by atoms with Crippen molar-refractivity contribution in [3.63, 3.8) is 0 Å². The molecule has 142 valence electrons. The summed E-state index contributed by atoms with van der Waals surface area (Å²) in [6.07, 6.45) is 0. The lowest BCUT2D eigenvalue weighted by atomic mass is 10.1. The molecule has 3 aromatic rings. The lowest BCUT2D eigenvalue weighted by Crippen LogP contribution is -2.15. The normalized spacial score (nSPS) is 10.4. The Morgan fingerprint density at radius 3 is 1.96 bits per heavy atom. The summed E-state index contributed by atoms with van der Waals surface area (Å²) in [6, 6.07) is 17.2. The third kappa shape index (κ3) is 4.71. The lowest BCUT2D eigenvalue weighted by molar-refractivity contribution is 0.101. The van der Waals surface area contributed by atoms with E-state index >= 15 is 0 Å². The first-order valence-corrected chi connectivity index (χ1v) is 9.34. The van der Waals surface area contributed by atoms with Crippen LogP contribution in [-0.2, 0) is 0 Å². The molecule has 0 unspecified atom stereocenters. The van der Waals surface area contributed by atoms with E-state index in [0.29, 0.717) is 27.5 Å². The largest absolute Gasteiger partial charge is 0.322 e. The second-order valence-corrected chi connectivity index (χ2v) is 7.28. The first-order valence-electron chi connectivity index (χ1n) is 8.58. The maximum Gasteiger partial charge on any atom is 0.257 e. The Labute approximate surface area is 173 Å². The fourth-order valence-electron chi connectivity index (χ4n) is 2.81. The Kier molecular flexibility index (Phi) is 6.02. The van der Waals surface area contributed by atoms with Crippen molar-refractivity contribution in [1.82, 2.24) is 0 Å². The predicted octanol–water partition coefficient (Wildman–Crippen LogP) is 6.11. The van der Waals surface area contributed by atoms with Gasteiger partial charge in [0.05, 0.1) is 10.6 Å². The SMILES string of the molecule is Cc1ccc(C(=O)Nc2cccc(NC(=O)c3ccc(Cl)cc3Cl)c2)c(C)c1. The molecule has 0 fully saturated rings. The summed E-state index contributed by atoms with van der Waals surface area (Å²) in [5.41, 5.74) is 4.03. The van der Waals surface area contributed by atoms with E-state index in [-0.39, 0.29) is 16.8 Å². The number of aryl methyl sites for hydroxylation is 2. The van der Waals surface area contributed by atoms with Gasteiger partial charge in [0.15, 0.2) is 0 Å². The number of rotatable bonds is 4. The van der Waals surface area contributed by atoms with Gasteiger partial charge in [-0.2, -0.15) is 0 Å². The molecular formula is C22H18Cl2N2O2. The third-order valence-corrected chi connectivity index (χ3v) is 4.73. The number of hydrogen-bond donors (Lipinski definition) is 2. The molecule has 0 saturated heterocycles. The molecule has 0 radical (unpaired) electrons. The number of nitrogens with one attached hydrogen (secondary N) is 2. The zero-order valence-corrected chi connectivity index (χ0v) is 16.9. The Morgan fingerprint density at radius 1 is 0.750 bits per heavy atom. The van der Waals surface area contributed by atoms with E-state index < -0.39 is 0 Å². The topological polar surface area (TPSA) is 58.2 Å². The maximum atomic E-state index is 12.5. The molecule has 2 amide bonds. The molecule has 4 nitrogen and oxygen atoms in total. The molecule has 0 heterocycles. The van der Waals surface area contributed by atoms with Gasteiger partial charge in [0.1, 0.15) is 0 Å². The number of carbonyl (C=O) groups excluding carboxylic acids is 2. The van der Waals surface area contributed by atoms with Crippen LogP contribution in [0.15, 0.2) is 60.7 Å². The van der Waals surface area contributed by atoms with Gasteiger partial charge < -0.3 is 10.6 Å². The molecule has 0 aliphatic rings. The van der Waals surface area contributed by atoms with Gasteiger partial charge in [-0.05, 0) is 61.9 Å². The molecule has 0 aromatic heterocycles. The maximum absolute atomic E-state index is 12.5. The smallest absolute Gasteiger partial charge is 0.257 e. The van der Waals surface area contributed by atoms with Crippen molar-refractivity contribution in [2.75, 3.05) is 10.6 Å². The van der Waals surface area contributed by atoms with Gasteiger partial charge in [-0.25, -0.2) is 0 Å². The number of amides is 2. The van der Waals surface area contributed by atoms with Crippen molar-refractivity contribution in [3.05, 3.63) is 93.0 Å². The van der Waals surface area contributed by atoms with Crippen LogP contribution in [0.5, 0.6) is 0 Å². The van der Waals surface area contributed by atoms with Crippen LogP contribution >= 0.6 is 23.2 Å². The summed E-state index contributed by atoms with van der Waals surface area (Å²) in [7, 11) is 0. The van der Waals surface area contributed by atoms with Crippen LogP contribution in [0.2, 0.25) is 10.0 Å². The Balaban J connectivity index is 1.75. The molecule has 0 aliphatic heterocycles. The van der Waals surface area contributed by atoms with Gasteiger partial charge in [-0.15, -0.1) is 0 Å². The number of anilines is 2. The summed E-state index contributed by atoms with van der Waals surface area (Å²) in [4.78, 5) is 25.0. The Bertz CT molecular complexity index is 983.